The molecule has 0 saturated heterocycles. The number of nitrogens with zero attached hydrogens (tertiary/aromatic N) is 4. The molecule has 5 nitrogen and oxygen atoms in total. The highest BCUT2D eigenvalue weighted by atomic mass is 16.2. The average Bonchev–Trinajstić information content (AvgIpc) is 3.12. The van der Waals surface area contributed by atoms with E-state index < -0.39 is 0 Å². The second-order valence-electron chi connectivity index (χ2n) is 5.99. The molecule has 5 heteroatoms. The van der Waals surface area contributed by atoms with Crippen LogP contribution in [0, 0.1) is 20.4 Å². The highest BCUT2D eigenvalue weighted by Gasteiger charge is 2.30. The summed E-state index contributed by atoms with van der Waals surface area (Å²) in [6, 6.07) is 14.8. The van der Waals surface area contributed by atoms with Gasteiger partial charge in [-0.2, -0.15) is 14.8 Å². The number of carbonyl (C=O) groups is 1. The fourth-order valence-corrected chi connectivity index (χ4v) is 3.04. The molecule has 1 amide bonds. The minimum atomic E-state index is -0.388. The molecule has 25 heavy (non-hydrogen) atoms. The van der Waals surface area contributed by atoms with Crippen molar-refractivity contribution >= 4 is 17.4 Å². The summed E-state index contributed by atoms with van der Waals surface area (Å²) >= 11 is 0. The predicted octanol–water partition coefficient (Wildman–Crippen LogP) is 4.54. The van der Waals surface area contributed by atoms with Crippen molar-refractivity contribution in [2.75, 3.05) is 0 Å². The van der Waals surface area contributed by atoms with Crippen LogP contribution in [0.5, 0.6) is 0 Å². The molecule has 0 atom stereocenters. The zero-order valence-corrected chi connectivity index (χ0v) is 13.8. The van der Waals surface area contributed by atoms with E-state index in [9.17, 15) is 4.79 Å². The number of amides is 1. The number of aryl methyl sites for hydroxylation is 2. The van der Waals surface area contributed by atoms with Gasteiger partial charge in [0.05, 0.1) is 12.3 Å². The molecular formula is C20H14N4O. The summed E-state index contributed by atoms with van der Waals surface area (Å²) < 4.78 is 1.36. The van der Waals surface area contributed by atoms with Crippen LogP contribution in [-0.2, 0) is 0 Å². The van der Waals surface area contributed by atoms with Gasteiger partial charge in [-0.15, -0.1) is 0 Å². The lowest BCUT2D eigenvalue weighted by atomic mass is 9.97. The minimum absolute atomic E-state index is 0.388. The van der Waals surface area contributed by atoms with Crippen LogP contribution in [0.15, 0.2) is 53.5 Å². The summed E-state index contributed by atoms with van der Waals surface area (Å²) in [6.45, 7) is 11.0. The lowest BCUT2D eigenvalue weighted by Gasteiger charge is -2.06. The second kappa shape index (κ2) is 5.53. The number of rotatable bonds is 2. The number of benzene rings is 2. The van der Waals surface area contributed by atoms with E-state index in [2.05, 4.69) is 14.9 Å². The summed E-state index contributed by atoms with van der Waals surface area (Å²) in [6.07, 6.45) is 0. The monoisotopic (exact) mass is 326 g/mol. The zero-order chi connectivity index (χ0) is 17.6. The number of carbonyl (C=O) groups excluding carboxylic acids is 1. The van der Waals surface area contributed by atoms with Crippen LogP contribution in [0.1, 0.15) is 22.5 Å². The Bertz CT molecular complexity index is 1060. The molecule has 0 bridgehead atoms. The Hall–Kier alpha value is -3.52. The molecule has 0 unspecified atom stereocenters. The third-order valence-corrected chi connectivity index (χ3v) is 4.28. The van der Waals surface area contributed by atoms with E-state index in [4.69, 9.17) is 6.57 Å². The van der Waals surface area contributed by atoms with Crippen molar-refractivity contribution in [3.63, 3.8) is 0 Å². The van der Waals surface area contributed by atoms with Gasteiger partial charge >= 0.3 is 6.03 Å². The molecule has 0 saturated carbocycles. The van der Waals surface area contributed by atoms with E-state index in [0.29, 0.717) is 17.1 Å². The van der Waals surface area contributed by atoms with E-state index in [1.54, 1.807) is 12.1 Å². The summed E-state index contributed by atoms with van der Waals surface area (Å²) in [5, 5.41) is 4.38. The average molecular weight is 326 g/mol. The molecule has 2 aromatic carbocycles. The van der Waals surface area contributed by atoms with Gasteiger partial charge in [0.1, 0.15) is 11.4 Å². The van der Waals surface area contributed by atoms with Gasteiger partial charge in [0.25, 0.3) is 0 Å². The predicted molar refractivity (Wildman–Crippen MR) is 96.3 cm³/mol. The van der Waals surface area contributed by atoms with Gasteiger partial charge in [0.15, 0.2) is 5.69 Å². The second-order valence-corrected chi connectivity index (χ2v) is 5.99. The molecule has 0 N–H and O–H groups in total. The summed E-state index contributed by atoms with van der Waals surface area (Å²) in [7, 11) is 0. The molecular weight excluding hydrogens is 312 g/mol. The molecule has 120 valence electrons. The molecule has 3 aromatic rings. The molecule has 0 radical (unpaired) electrons. The Balaban J connectivity index is 1.90. The van der Waals surface area contributed by atoms with Crippen LogP contribution in [-0.4, -0.2) is 21.5 Å². The van der Waals surface area contributed by atoms with Gasteiger partial charge in [0, 0.05) is 11.1 Å². The van der Waals surface area contributed by atoms with Gasteiger partial charge in [-0.1, -0.05) is 54.1 Å². The van der Waals surface area contributed by atoms with Crippen LogP contribution < -0.4 is 0 Å². The molecule has 1 aromatic heterocycles. The van der Waals surface area contributed by atoms with Gasteiger partial charge < -0.3 is 0 Å². The number of aliphatic imine (C=N–C) groups is 1. The normalized spacial score (nSPS) is 12.7. The molecule has 1 aliphatic rings. The fourth-order valence-electron chi connectivity index (χ4n) is 3.04. The third kappa shape index (κ3) is 2.36. The standard InChI is InChI=1S/C20H14N4O/c1-12-4-6-14(7-5-12)17-13(2)23-24-19(17)18(22-20(24)25)15-8-10-16(21-3)11-9-15/h4-11H,1-2H3. The Morgan fingerprint density at radius 3 is 2.24 bits per heavy atom. The zero-order valence-electron chi connectivity index (χ0n) is 13.8. The summed E-state index contributed by atoms with van der Waals surface area (Å²) in [5.74, 6) is 0. The first kappa shape index (κ1) is 15.0. The van der Waals surface area contributed by atoms with E-state index in [1.165, 1.54) is 10.2 Å². The Labute approximate surface area is 145 Å². The van der Waals surface area contributed by atoms with Gasteiger partial charge in [-0.05, 0) is 19.4 Å². The first-order chi connectivity index (χ1) is 12.1. The van der Waals surface area contributed by atoms with E-state index in [-0.39, 0.29) is 6.03 Å². The quantitative estimate of drug-likeness (QED) is 0.649. The van der Waals surface area contributed by atoms with Crippen LogP contribution >= 0.6 is 0 Å². The molecule has 0 spiro atoms. The van der Waals surface area contributed by atoms with Crippen LogP contribution in [0.3, 0.4) is 0 Å². The molecule has 4 rings (SSSR count). The van der Waals surface area contributed by atoms with Crippen LogP contribution in [0.2, 0.25) is 0 Å². The molecule has 1 aliphatic heterocycles. The number of hydrogen-bond acceptors (Lipinski definition) is 2. The first-order valence-corrected chi connectivity index (χ1v) is 7.86. The van der Waals surface area contributed by atoms with E-state index in [1.807, 2.05) is 50.2 Å². The van der Waals surface area contributed by atoms with Crippen molar-refractivity contribution in [1.82, 2.24) is 9.78 Å². The van der Waals surface area contributed by atoms with Crippen LogP contribution in [0.4, 0.5) is 10.5 Å². The molecule has 0 fully saturated rings. The first-order valence-electron chi connectivity index (χ1n) is 7.86. The number of fused-ring (bicyclic) bond motifs is 1. The Kier molecular flexibility index (Phi) is 3.33. The summed E-state index contributed by atoms with van der Waals surface area (Å²) in [5.41, 5.74) is 6.54. The SMILES string of the molecule is [C-]#[N+]c1ccc(C2=NC(=O)n3nc(C)c(-c4ccc(C)cc4)c32)cc1. The molecule has 2 heterocycles. The third-order valence-electron chi connectivity index (χ3n) is 4.28. The van der Waals surface area contributed by atoms with E-state index >= 15 is 0 Å². The topological polar surface area (TPSA) is 51.6 Å². The minimum Gasteiger partial charge on any atom is -0.244 e. The van der Waals surface area contributed by atoms with Gasteiger partial charge in [0.2, 0.25) is 0 Å². The maximum Gasteiger partial charge on any atom is 0.369 e. The highest BCUT2D eigenvalue weighted by molar-refractivity contribution is 6.23. The van der Waals surface area contributed by atoms with Gasteiger partial charge in [-0.25, -0.2) is 9.64 Å². The number of hydrogen-bond donors (Lipinski definition) is 0. The number of aromatic nitrogens is 2. The van der Waals surface area contributed by atoms with Crippen LogP contribution in [0.25, 0.3) is 16.0 Å². The van der Waals surface area contributed by atoms with Crippen molar-refractivity contribution in [2.45, 2.75) is 13.8 Å². The fraction of sp³-hybridized carbons (Fsp3) is 0.100. The highest BCUT2D eigenvalue weighted by Crippen LogP contribution is 2.32. The lowest BCUT2D eigenvalue weighted by molar-refractivity contribution is 0.249. The van der Waals surface area contributed by atoms with Crippen molar-refractivity contribution in [3.05, 3.63) is 82.5 Å². The van der Waals surface area contributed by atoms with E-state index in [0.717, 1.165) is 22.4 Å². The van der Waals surface area contributed by atoms with Crippen molar-refractivity contribution in [3.8, 4) is 11.1 Å². The smallest absolute Gasteiger partial charge is 0.244 e. The maximum atomic E-state index is 12.3. The maximum absolute atomic E-state index is 12.3. The molecule has 0 aliphatic carbocycles. The van der Waals surface area contributed by atoms with Gasteiger partial charge in [-0.3, -0.25) is 0 Å². The van der Waals surface area contributed by atoms with Crippen molar-refractivity contribution < 1.29 is 4.79 Å². The summed E-state index contributed by atoms with van der Waals surface area (Å²) in [4.78, 5) is 19.9. The largest absolute Gasteiger partial charge is 0.369 e. The Morgan fingerprint density at radius 1 is 0.960 bits per heavy atom. The lowest BCUT2D eigenvalue weighted by Crippen LogP contribution is -2.07. The van der Waals surface area contributed by atoms with Crippen molar-refractivity contribution in [2.24, 2.45) is 4.99 Å². The van der Waals surface area contributed by atoms with Crippen molar-refractivity contribution in [1.29, 1.82) is 0 Å². The Morgan fingerprint density at radius 2 is 1.60 bits per heavy atom.